The highest BCUT2D eigenvalue weighted by Gasteiger charge is 2.22. The molecule has 0 heterocycles. The van der Waals surface area contributed by atoms with Crippen LogP contribution >= 0.6 is 15.9 Å². The van der Waals surface area contributed by atoms with E-state index in [4.69, 9.17) is 0 Å². The van der Waals surface area contributed by atoms with Gasteiger partial charge in [0, 0.05) is 30.5 Å². The second kappa shape index (κ2) is 9.75. The monoisotopic (exact) mass is 426 g/mol. The van der Waals surface area contributed by atoms with E-state index >= 15 is 0 Å². The van der Waals surface area contributed by atoms with Crippen molar-refractivity contribution in [2.45, 2.75) is 32.1 Å². The van der Waals surface area contributed by atoms with Gasteiger partial charge in [0.05, 0.1) is 0 Å². The molecule has 1 aliphatic rings. The number of halogens is 1. The van der Waals surface area contributed by atoms with E-state index < -0.39 is 0 Å². The number of rotatable bonds is 10. The Morgan fingerprint density at radius 1 is 1.07 bits per heavy atom. The SMILES string of the molecule is C=CC(=O)NCCCCCNc1c(CCBr)ccc2c1Cc1ccccc1-2. The van der Waals surface area contributed by atoms with Gasteiger partial charge in [0.1, 0.15) is 0 Å². The molecule has 1 amide bonds. The molecule has 0 bridgehead atoms. The Bertz CT molecular complexity index is 816. The van der Waals surface area contributed by atoms with Crippen LogP contribution in [-0.4, -0.2) is 24.3 Å². The zero-order chi connectivity index (χ0) is 19.1. The van der Waals surface area contributed by atoms with E-state index in [1.165, 1.54) is 39.6 Å². The van der Waals surface area contributed by atoms with E-state index in [9.17, 15) is 4.79 Å². The van der Waals surface area contributed by atoms with Crippen LogP contribution in [0.5, 0.6) is 0 Å². The van der Waals surface area contributed by atoms with Gasteiger partial charge in [-0.2, -0.15) is 0 Å². The van der Waals surface area contributed by atoms with Crippen LogP contribution in [0.1, 0.15) is 36.0 Å². The number of amides is 1. The minimum absolute atomic E-state index is 0.0908. The van der Waals surface area contributed by atoms with Crippen molar-refractivity contribution in [3.8, 4) is 11.1 Å². The van der Waals surface area contributed by atoms with Crippen LogP contribution in [0.15, 0.2) is 49.1 Å². The lowest BCUT2D eigenvalue weighted by Gasteiger charge is -2.16. The van der Waals surface area contributed by atoms with E-state index in [1.807, 2.05) is 0 Å². The second-order valence-corrected chi connectivity index (χ2v) is 7.67. The Morgan fingerprint density at radius 3 is 2.70 bits per heavy atom. The molecule has 0 radical (unpaired) electrons. The molecule has 2 N–H and O–H groups in total. The normalized spacial score (nSPS) is 11.6. The predicted molar refractivity (Wildman–Crippen MR) is 118 cm³/mol. The summed E-state index contributed by atoms with van der Waals surface area (Å²) >= 11 is 3.59. The highest BCUT2D eigenvalue weighted by molar-refractivity contribution is 9.09. The van der Waals surface area contributed by atoms with Gasteiger partial charge < -0.3 is 10.6 Å². The fraction of sp³-hybridized carbons (Fsp3) is 0.348. The molecule has 3 rings (SSSR count). The quantitative estimate of drug-likeness (QED) is 0.269. The van der Waals surface area contributed by atoms with Crippen molar-refractivity contribution in [3.63, 3.8) is 0 Å². The first-order valence-electron chi connectivity index (χ1n) is 9.67. The molecule has 0 saturated carbocycles. The fourth-order valence-electron chi connectivity index (χ4n) is 3.71. The van der Waals surface area contributed by atoms with Gasteiger partial charge in [0.25, 0.3) is 0 Å². The van der Waals surface area contributed by atoms with Gasteiger partial charge in [-0.3, -0.25) is 4.79 Å². The number of hydrogen-bond acceptors (Lipinski definition) is 2. The molecule has 0 spiro atoms. The number of hydrogen-bond donors (Lipinski definition) is 2. The number of fused-ring (bicyclic) bond motifs is 3. The Kier molecular flexibility index (Phi) is 7.11. The third-order valence-corrected chi connectivity index (χ3v) is 5.47. The Labute approximate surface area is 170 Å². The van der Waals surface area contributed by atoms with E-state index in [0.29, 0.717) is 0 Å². The highest BCUT2D eigenvalue weighted by Crippen LogP contribution is 2.41. The van der Waals surface area contributed by atoms with Crippen molar-refractivity contribution in [2.75, 3.05) is 23.7 Å². The number of aryl methyl sites for hydroxylation is 1. The number of alkyl halides is 1. The summed E-state index contributed by atoms with van der Waals surface area (Å²) < 4.78 is 0. The molecule has 0 aliphatic heterocycles. The first kappa shape index (κ1) is 19.7. The average Bonchev–Trinajstić information content (AvgIpc) is 3.07. The van der Waals surface area contributed by atoms with Gasteiger partial charge in [-0.25, -0.2) is 0 Å². The van der Waals surface area contributed by atoms with Crippen molar-refractivity contribution in [3.05, 3.63) is 65.7 Å². The summed E-state index contributed by atoms with van der Waals surface area (Å²) in [6.07, 6.45) is 6.54. The van der Waals surface area contributed by atoms with Crippen molar-refractivity contribution in [1.29, 1.82) is 0 Å². The van der Waals surface area contributed by atoms with Crippen LogP contribution in [0.3, 0.4) is 0 Å². The van der Waals surface area contributed by atoms with Gasteiger partial charge in [-0.15, -0.1) is 0 Å². The average molecular weight is 427 g/mol. The van der Waals surface area contributed by atoms with E-state index in [1.54, 1.807) is 0 Å². The highest BCUT2D eigenvalue weighted by atomic mass is 79.9. The zero-order valence-corrected chi connectivity index (χ0v) is 17.3. The van der Waals surface area contributed by atoms with Crippen LogP contribution in [-0.2, 0) is 17.6 Å². The smallest absolute Gasteiger partial charge is 0.243 e. The number of nitrogens with one attached hydrogen (secondary N) is 2. The maximum atomic E-state index is 11.1. The summed E-state index contributed by atoms with van der Waals surface area (Å²) in [6, 6.07) is 13.3. The second-order valence-electron chi connectivity index (χ2n) is 6.88. The molecule has 4 heteroatoms. The molecular weight excluding hydrogens is 400 g/mol. The standard InChI is InChI=1S/C23H27BrN2O/c1-2-22(27)25-14-6-3-7-15-26-23-17(12-13-24)10-11-20-19-9-5-4-8-18(19)16-21(20)23/h2,4-5,8-11,26H,1,3,6-7,12-16H2,(H,25,27). The summed E-state index contributed by atoms with van der Waals surface area (Å²) in [7, 11) is 0. The minimum Gasteiger partial charge on any atom is -0.385 e. The van der Waals surface area contributed by atoms with Gasteiger partial charge >= 0.3 is 0 Å². The third kappa shape index (κ3) is 4.81. The molecule has 3 nitrogen and oxygen atoms in total. The largest absolute Gasteiger partial charge is 0.385 e. The van der Waals surface area contributed by atoms with Crippen molar-refractivity contribution in [1.82, 2.24) is 5.32 Å². The molecule has 1 aliphatic carbocycles. The van der Waals surface area contributed by atoms with Crippen molar-refractivity contribution >= 4 is 27.5 Å². The first-order valence-corrected chi connectivity index (χ1v) is 10.8. The number of carbonyl (C=O) groups excluding carboxylic acids is 1. The molecule has 0 aromatic heterocycles. The predicted octanol–water partition coefficient (Wildman–Crippen LogP) is 5.08. The molecule has 2 aromatic carbocycles. The number of carbonyl (C=O) groups is 1. The molecule has 0 fully saturated rings. The Hall–Kier alpha value is -2.07. The van der Waals surface area contributed by atoms with Gasteiger partial charge in [0.2, 0.25) is 5.91 Å². The Morgan fingerprint density at radius 2 is 1.89 bits per heavy atom. The lowest BCUT2D eigenvalue weighted by Crippen LogP contribution is -2.21. The van der Waals surface area contributed by atoms with Crippen LogP contribution < -0.4 is 10.6 Å². The Balaban J connectivity index is 1.61. The van der Waals surface area contributed by atoms with Crippen LogP contribution in [0, 0.1) is 0 Å². The van der Waals surface area contributed by atoms with Crippen molar-refractivity contribution in [2.24, 2.45) is 0 Å². The third-order valence-electron chi connectivity index (χ3n) is 5.08. The van der Waals surface area contributed by atoms with Crippen LogP contribution in [0.4, 0.5) is 5.69 Å². The summed E-state index contributed by atoms with van der Waals surface area (Å²) in [5, 5.41) is 7.52. The fourth-order valence-corrected chi connectivity index (χ4v) is 4.14. The number of benzene rings is 2. The topological polar surface area (TPSA) is 41.1 Å². The summed E-state index contributed by atoms with van der Waals surface area (Å²) in [4.78, 5) is 11.1. The summed E-state index contributed by atoms with van der Waals surface area (Å²) in [5.41, 5.74) is 8.31. The lowest BCUT2D eigenvalue weighted by atomic mass is 9.99. The van der Waals surface area contributed by atoms with E-state index in [2.05, 4.69) is 69.5 Å². The van der Waals surface area contributed by atoms with Gasteiger partial charge in [-0.1, -0.05) is 58.9 Å². The van der Waals surface area contributed by atoms with Crippen molar-refractivity contribution < 1.29 is 4.79 Å². The van der Waals surface area contributed by atoms with Gasteiger partial charge in [0.15, 0.2) is 0 Å². The lowest BCUT2D eigenvalue weighted by molar-refractivity contribution is -0.116. The van der Waals surface area contributed by atoms with Crippen LogP contribution in [0.2, 0.25) is 0 Å². The minimum atomic E-state index is -0.0908. The maximum Gasteiger partial charge on any atom is 0.243 e. The maximum absolute atomic E-state index is 11.1. The van der Waals surface area contributed by atoms with E-state index in [-0.39, 0.29) is 5.91 Å². The molecule has 0 saturated heterocycles. The molecule has 142 valence electrons. The van der Waals surface area contributed by atoms with Gasteiger partial charge in [-0.05, 0) is 59.6 Å². The molecule has 2 aromatic rings. The number of anilines is 1. The zero-order valence-electron chi connectivity index (χ0n) is 15.7. The molecule has 27 heavy (non-hydrogen) atoms. The molecule has 0 unspecified atom stereocenters. The van der Waals surface area contributed by atoms with E-state index in [0.717, 1.165) is 50.5 Å². The number of unbranched alkanes of at least 4 members (excludes halogenated alkanes) is 2. The summed E-state index contributed by atoms with van der Waals surface area (Å²) in [6.45, 7) is 5.14. The first-order chi connectivity index (χ1) is 13.2. The molecular formula is C23H27BrN2O. The summed E-state index contributed by atoms with van der Waals surface area (Å²) in [5.74, 6) is -0.0908. The molecule has 0 atom stereocenters. The van der Waals surface area contributed by atoms with Crippen LogP contribution in [0.25, 0.3) is 11.1 Å².